The fourth-order valence-corrected chi connectivity index (χ4v) is 3.67. The number of amides is 1. The van der Waals surface area contributed by atoms with Gasteiger partial charge < -0.3 is 24.2 Å². The summed E-state index contributed by atoms with van der Waals surface area (Å²) in [5.74, 6) is 1.08. The molecule has 1 aliphatic rings. The first-order valence-electron chi connectivity index (χ1n) is 9.87. The van der Waals surface area contributed by atoms with Crippen LogP contribution in [0.5, 0.6) is 17.2 Å². The Kier molecular flexibility index (Phi) is 6.22. The van der Waals surface area contributed by atoms with Crippen LogP contribution in [-0.2, 0) is 10.4 Å². The highest BCUT2D eigenvalue weighted by Gasteiger charge is 2.41. The van der Waals surface area contributed by atoms with Gasteiger partial charge in [0, 0.05) is 19.2 Å². The number of methoxy groups -OCH3 is 2. The second-order valence-electron chi connectivity index (χ2n) is 7.99. The Hall–Kier alpha value is -2.80. The second kappa shape index (κ2) is 8.52. The summed E-state index contributed by atoms with van der Waals surface area (Å²) < 4.78 is 29.5. The molecule has 2 aromatic rings. The van der Waals surface area contributed by atoms with E-state index in [1.807, 2.05) is 0 Å². The lowest BCUT2D eigenvalue weighted by Gasteiger charge is -2.41. The lowest BCUT2D eigenvalue weighted by molar-refractivity contribution is -0.150. The number of hydrogen-bond donors (Lipinski definition) is 1. The molecule has 30 heavy (non-hydrogen) atoms. The highest BCUT2D eigenvalue weighted by Crippen LogP contribution is 2.37. The molecule has 6 nitrogen and oxygen atoms in total. The van der Waals surface area contributed by atoms with Crippen LogP contribution < -0.4 is 14.2 Å². The third-order valence-corrected chi connectivity index (χ3v) is 5.47. The largest absolute Gasteiger partial charge is 0.497 e. The van der Waals surface area contributed by atoms with Crippen LogP contribution in [-0.4, -0.2) is 48.8 Å². The summed E-state index contributed by atoms with van der Waals surface area (Å²) in [5, 5.41) is 11.2. The van der Waals surface area contributed by atoms with Crippen molar-refractivity contribution in [3.8, 4) is 17.2 Å². The van der Waals surface area contributed by atoms with Gasteiger partial charge in [0.15, 0.2) is 5.60 Å². The minimum Gasteiger partial charge on any atom is -0.497 e. The molecule has 1 saturated heterocycles. The van der Waals surface area contributed by atoms with Gasteiger partial charge in [-0.3, -0.25) is 4.79 Å². The molecule has 0 spiro atoms. The average Bonchev–Trinajstić information content (AvgIpc) is 2.74. The van der Waals surface area contributed by atoms with Crippen molar-refractivity contribution in [3.05, 3.63) is 53.8 Å². The molecule has 0 unspecified atom stereocenters. The number of rotatable bonds is 6. The van der Waals surface area contributed by atoms with Crippen molar-refractivity contribution in [1.82, 2.24) is 4.90 Å². The molecule has 0 saturated carbocycles. The predicted octanol–water partition coefficient (Wildman–Crippen LogP) is 3.51. The summed E-state index contributed by atoms with van der Waals surface area (Å²) in [5.41, 5.74) is -1.50. The molecular weight excluding hydrogens is 389 g/mol. The van der Waals surface area contributed by atoms with Gasteiger partial charge in [-0.1, -0.05) is 0 Å². The maximum Gasteiger partial charge on any atom is 0.266 e. The van der Waals surface area contributed by atoms with E-state index >= 15 is 0 Å². The van der Waals surface area contributed by atoms with Crippen LogP contribution in [0, 0.1) is 5.82 Å². The number of benzene rings is 2. The number of carbonyl (C=O) groups is 1. The summed E-state index contributed by atoms with van der Waals surface area (Å²) >= 11 is 0. The quantitative estimate of drug-likeness (QED) is 0.779. The van der Waals surface area contributed by atoms with E-state index in [1.165, 1.54) is 24.3 Å². The second-order valence-corrected chi connectivity index (χ2v) is 7.99. The van der Waals surface area contributed by atoms with E-state index in [-0.39, 0.29) is 11.7 Å². The molecule has 1 amide bonds. The standard InChI is InChI=1S/C23H28FNO5/c1-22(2,30-18-7-5-17(24)6-8-18)21(26)25-11-9-23(27,10-12-25)16-13-19(28-3)15-20(14-16)29-4/h5-8,13-15,27H,9-12H2,1-4H3. The zero-order valence-corrected chi connectivity index (χ0v) is 17.8. The number of halogens is 1. The first-order chi connectivity index (χ1) is 14.2. The van der Waals surface area contributed by atoms with Crippen LogP contribution in [0.3, 0.4) is 0 Å². The van der Waals surface area contributed by atoms with E-state index in [4.69, 9.17) is 14.2 Å². The van der Waals surface area contributed by atoms with Gasteiger partial charge in [-0.25, -0.2) is 4.39 Å². The van der Waals surface area contributed by atoms with E-state index in [2.05, 4.69) is 0 Å². The number of carbonyl (C=O) groups excluding carboxylic acids is 1. The molecule has 7 heteroatoms. The number of ether oxygens (including phenoxy) is 3. The third-order valence-electron chi connectivity index (χ3n) is 5.47. The van der Waals surface area contributed by atoms with Crippen LogP contribution in [0.25, 0.3) is 0 Å². The maximum atomic E-state index is 13.1. The van der Waals surface area contributed by atoms with Gasteiger partial charge in [0.25, 0.3) is 5.91 Å². The molecular formula is C23H28FNO5. The monoisotopic (exact) mass is 417 g/mol. The van der Waals surface area contributed by atoms with Gasteiger partial charge in [0.2, 0.25) is 0 Å². The molecule has 1 aliphatic heterocycles. The Balaban J connectivity index is 1.69. The van der Waals surface area contributed by atoms with Gasteiger partial charge >= 0.3 is 0 Å². The minimum absolute atomic E-state index is 0.183. The minimum atomic E-state index is -1.12. The van der Waals surface area contributed by atoms with Gasteiger partial charge in [0.1, 0.15) is 23.1 Å². The van der Waals surface area contributed by atoms with Crippen molar-refractivity contribution in [2.24, 2.45) is 0 Å². The fraction of sp³-hybridized carbons (Fsp3) is 0.435. The van der Waals surface area contributed by atoms with E-state index < -0.39 is 11.2 Å². The Morgan fingerprint density at radius 2 is 1.53 bits per heavy atom. The molecule has 1 N–H and O–H groups in total. The normalized spacial score (nSPS) is 16.1. The molecule has 1 fully saturated rings. The third kappa shape index (κ3) is 4.67. The lowest BCUT2D eigenvalue weighted by atomic mass is 9.83. The first-order valence-corrected chi connectivity index (χ1v) is 9.87. The van der Waals surface area contributed by atoms with Crippen molar-refractivity contribution in [1.29, 1.82) is 0 Å². The van der Waals surface area contributed by atoms with Crippen LogP contribution in [0.4, 0.5) is 4.39 Å². The molecule has 162 valence electrons. The highest BCUT2D eigenvalue weighted by atomic mass is 19.1. The van der Waals surface area contributed by atoms with E-state index in [0.29, 0.717) is 48.7 Å². The van der Waals surface area contributed by atoms with Crippen molar-refractivity contribution in [2.45, 2.75) is 37.9 Å². The molecule has 0 atom stereocenters. The Bertz CT molecular complexity index is 867. The van der Waals surface area contributed by atoms with Gasteiger partial charge in [-0.15, -0.1) is 0 Å². The average molecular weight is 417 g/mol. The summed E-state index contributed by atoms with van der Waals surface area (Å²) in [4.78, 5) is 14.7. The Morgan fingerprint density at radius 3 is 2.03 bits per heavy atom. The molecule has 1 heterocycles. The van der Waals surface area contributed by atoms with E-state index in [0.717, 1.165) is 0 Å². The van der Waals surface area contributed by atoms with Crippen molar-refractivity contribution >= 4 is 5.91 Å². The molecule has 2 aromatic carbocycles. The summed E-state index contributed by atoms with van der Waals surface area (Å²) in [7, 11) is 3.13. The van der Waals surface area contributed by atoms with Crippen LogP contribution >= 0.6 is 0 Å². The fourth-order valence-electron chi connectivity index (χ4n) is 3.67. The van der Waals surface area contributed by atoms with Gasteiger partial charge in [0.05, 0.1) is 19.8 Å². The molecule has 3 rings (SSSR count). The van der Waals surface area contributed by atoms with Crippen LogP contribution in [0.15, 0.2) is 42.5 Å². The molecule has 0 bridgehead atoms. The molecule has 0 radical (unpaired) electrons. The first kappa shape index (κ1) is 21.9. The van der Waals surface area contributed by atoms with Crippen LogP contribution in [0.1, 0.15) is 32.3 Å². The number of aliphatic hydroxyl groups is 1. The number of nitrogens with zero attached hydrogens (tertiary/aromatic N) is 1. The topological polar surface area (TPSA) is 68.2 Å². The summed E-state index contributed by atoms with van der Waals surface area (Å²) in [6, 6.07) is 10.9. The zero-order chi connectivity index (χ0) is 21.9. The summed E-state index contributed by atoms with van der Waals surface area (Å²) in [6.07, 6.45) is 0.753. The number of piperidine rings is 1. The SMILES string of the molecule is COc1cc(OC)cc(C2(O)CCN(C(=O)C(C)(C)Oc3ccc(F)cc3)CC2)c1. The van der Waals surface area contributed by atoms with Gasteiger partial charge in [-0.05, 0) is 68.7 Å². The smallest absolute Gasteiger partial charge is 0.266 e. The van der Waals surface area contributed by atoms with Crippen LogP contribution in [0.2, 0.25) is 0 Å². The number of hydrogen-bond acceptors (Lipinski definition) is 5. The molecule has 0 aromatic heterocycles. The zero-order valence-electron chi connectivity index (χ0n) is 17.8. The van der Waals surface area contributed by atoms with E-state index in [1.54, 1.807) is 51.2 Å². The predicted molar refractivity (Wildman–Crippen MR) is 110 cm³/mol. The van der Waals surface area contributed by atoms with E-state index in [9.17, 15) is 14.3 Å². The number of likely N-dealkylation sites (tertiary alicyclic amines) is 1. The molecule has 0 aliphatic carbocycles. The lowest BCUT2D eigenvalue weighted by Crippen LogP contribution is -2.53. The Labute approximate surface area is 176 Å². The van der Waals surface area contributed by atoms with Crippen molar-refractivity contribution in [2.75, 3.05) is 27.3 Å². The van der Waals surface area contributed by atoms with Crippen molar-refractivity contribution < 1.29 is 28.5 Å². The highest BCUT2D eigenvalue weighted by molar-refractivity contribution is 5.85. The summed E-state index contributed by atoms with van der Waals surface area (Å²) in [6.45, 7) is 4.13. The van der Waals surface area contributed by atoms with Gasteiger partial charge in [-0.2, -0.15) is 0 Å². The van der Waals surface area contributed by atoms with Crippen molar-refractivity contribution in [3.63, 3.8) is 0 Å². The maximum absolute atomic E-state index is 13.1. The Morgan fingerprint density at radius 1 is 1.00 bits per heavy atom.